The van der Waals surface area contributed by atoms with Crippen LogP contribution in [0, 0.1) is 6.92 Å². The number of hydrogen-bond acceptors (Lipinski definition) is 2. The molecule has 2 aromatic carbocycles. The molecular weight excluding hydrogens is 238 g/mol. The van der Waals surface area contributed by atoms with Gasteiger partial charge in [0, 0.05) is 26.1 Å². The van der Waals surface area contributed by atoms with Crippen molar-refractivity contribution in [1.82, 2.24) is 4.90 Å². The second kappa shape index (κ2) is 5.31. The van der Waals surface area contributed by atoms with E-state index in [9.17, 15) is 4.79 Å². The summed E-state index contributed by atoms with van der Waals surface area (Å²) < 4.78 is 5.43. The molecule has 0 unspecified atom stereocenters. The number of hydrogen-bond donors (Lipinski definition) is 0. The van der Waals surface area contributed by atoms with E-state index >= 15 is 0 Å². The van der Waals surface area contributed by atoms with Gasteiger partial charge in [-0.2, -0.15) is 0 Å². The van der Waals surface area contributed by atoms with Crippen molar-refractivity contribution in [3.8, 4) is 5.75 Å². The fourth-order valence-electron chi connectivity index (χ4n) is 2.20. The molecule has 0 fully saturated rings. The predicted molar refractivity (Wildman–Crippen MR) is 77.4 cm³/mol. The van der Waals surface area contributed by atoms with Crippen LogP contribution in [-0.4, -0.2) is 25.0 Å². The summed E-state index contributed by atoms with van der Waals surface area (Å²) in [6.45, 7) is 4.20. The van der Waals surface area contributed by atoms with Gasteiger partial charge in [0.1, 0.15) is 5.75 Å². The fraction of sp³-hybridized carbons (Fsp3) is 0.312. The molecule has 3 heteroatoms. The van der Waals surface area contributed by atoms with E-state index < -0.39 is 0 Å². The normalized spacial score (nSPS) is 10.5. The smallest absolute Gasteiger partial charge is 0.219 e. The van der Waals surface area contributed by atoms with Crippen LogP contribution in [-0.2, 0) is 11.3 Å². The minimum Gasteiger partial charge on any atom is -0.496 e. The van der Waals surface area contributed by atoms with Crippen LogP contribution in [0.4, 0.5) is 0 Å². The average molecular weight is 257 g/mol. The van der Waals surface area contributed by atoms with Gasteiger partial charge in [-0.3, -0.25) is 4.79 Å². The van der Waals surface area contributed by atoms with Crippen LogP contribution in [0.3, 0.4) is 0 Å². The Morgan fingerprint density at radius 1 is 1.26 bits per heavy atom. The number of methoxy groups -OCH3 is 1. The second-order valence-corrected chi connectivity index (χ2v) is 4.85. The predicted octanol–water partition coefficient (Wildman–Crippen LogP) is 3.14. The molecule has 2 aromatic rings. The molecule has 3 nitrogen and oxygen atoms in total. The lowest BCUT2D eigenvalue weighted by Crippen LogP contribution is -2.23. The zero-order valence-corrected chi connectivity index (χ0v) is 11.9. The molecule has 2 rings (SSSR count). The molecule has 0 saturated heterocycles. The Hall–Kier alpha value is -2.03. The van der Waals surface area contributed by atoms with Gasteiger partial charge >= 0.3 is 0 Å². The summed E-state index contributed by atoms with van der Waals surface area (Å²) in [6, 6.07) is 10.3. The molecule has 0 aliphatic heterocycles. The number of benzene rings is 2. The summed E-state index contributed by atoms with van der Waals surface area (Å²) in [5, 5.41) is 2.31. The van der Waals surface area contributed by atoms with Crippen molar-refractivity contribution in [3.63, 3.8) is 0 Å². The highest BCUT2D eigenvalue weighted by Crippen LogP contribution is 2.29. The molecule has 0 radical (unpaired) electrons. The molecular formula is C16H19NO2. The Balaban J connectivity index is 2.57. The van der Waals surface area contributed by atoms with Crippen molar-refractivity contribution in [1.29, 1.82) is 0 Å². The van der Waals surface area contributed by atoms with E-state index in [1.165, 1.54) is 10.9 Å². The van der Waals surface area contributed by atoms with Crippen LogP contribution < -0.4 is 4.74 Å². The van der Waals surface area contributed by atoms with E-state index in [1.807, 2.05) is 6.07 Å². The van der Waals surface area contributed by atoms with Crippen LogP contribution in [0.5, 0.6) is 5.75 Å². The van der Waals surface area contributed by atoms with Gasteiger partial charge in [-0.1, -0.05) is 29.8 Å². The molecule has 1 amide bonds. The highest BCUT2D eigenvalue weighted by Gasteiger charge is 2.12. The van der Waals surface area contributed by atoms with Crippen molar-refractivity contribution < 1.29 is 9.53 Å². The first-order chi connectivity index (χ1) is 9.02. The first-order valence-electron chi connectivity index (χ1n) is 6.31. The molecule has 0 aliphatic rings. The van der Waals surface area contributed by atoms with Crippen LogP contribution in [0.25, 0.3) is 10.8 Å². The van der Waals surface area contributed by atoms with E-state index in [-0.39, 0.29) is 5.91 Å². The Kier molecular flexibility index (Phi) is 3.74. The molecule has 0 heterocycles. The number of carbonyl (C=O) groups is 1. The number of fused-ring (bicyclic) bond motifs is 1. The number of aryl methyl sites for hydroxylation is 1. The van der Waals surface area contributed by atoms with Crippen LogP contribution >= 0.6 is 0 Å². The molecule has 0 saturated carbocycles. The van der Waals surface area contributed by atoms with E-state index in [1.54, 1.807) is 26.0 Å². The van der Waals surface area contributed by atoms with Crippen LogP contribution in [0.1, 0.15) is 18.1 Å². The van der Waals surface area contributed by atoms with E-state index in [0.717, 1.165) is 16.7 Å². The number of ether oxygens (including phenoxy) is 1. The molecule has 19 heavy (non-hydrogen) atoms. The maximum Gasteiger partial charge on any atom is 0.219 e. The van der Waals surface area contributed by atoms with E-state index in [0.29, 0.717) is 6.54 Å². The van der Waals surface area contributed by atoms with Gasteiger partial charge in [0.15, 0.2) is 0 Å². The number of nitrogens with zero attached hydrogens (tertiary/aromatic N) is 1. The third kappa shape index (κ3) is 2.70. The van der Waals surface area contributed by atoms with Gasteiger partial charge in [0.05, 0.1) is 7.11 Å². The summed E-state index contributed by atoms with van der Waals surface area (Å²) in [4.78, 5) is 13.1. The quantitative estimate of drug-likeness (QED) is 0.845. The molecule has 0 spiro atoms. The third-order valence-corrected chi connectivity index (χ3v) is 3.40. The van der Waals surface area contributed by atoms with Gasteiger partial charge in [-0.25, -0.2) is 0 Å². The van der Waals surface area contributed by atoms with Gasteiger partial charge in [-0.05, 0) is 23.8 Å². The van der Waals surface area contributed by atoms with Crippen molar-refractivity contribution in [3.05, 3.63) is 41.5 Å². The highest BCUT2D eigenvalue weighted by atomic mass is 16.5. The summed E-state index contributed by atoms with van der Waals surface area (Å²) in [5.41, 5.74) is 2.28. The summed E-state index contributed by atoms with van der Waals surface area (Å²) in [6.07, 6.45) is 0. The monoisotopic (exact) mass is 257 g/mol. The molecule has 0 atom stereocenters. The molecule has 0 bridgehead atoms. The minimum absolute atomic E-state index is 0.0474. The Morgan fingerprint density at radius 2 is 2.00 bits per heavy atom. The fourth-order valence-corrected chi connectivity index (χ4v) is 2.20. The van der Waals surface area contributed by atoms with E-state index in [2.05, 4.69) is 31.2 Å². The maximum absolute atomic E-state index is 11.4. The maximum atomic E-state index is 11.4. The summed E-state index contributed by atoms with van der Waals surface area (Å²) >= 11 is 0. The first kappa shape index (κ1) is 13.4. The Bertz CT molecular complexity index is 619. The Morgan fingerprint density at radius 3 is 2.63 bits per heavy atom. The number of amides is 1. The standard InChI is InChI=1S/C16H19NO2/c1-11-5-7-14-13(9-11)6-8-16(19-4)15(14)10-17(3)12(2)18/h5-9H,10H2,1-4H3. The van der Waals surface area contributed by atoms with Gasteiger partial charge in [0.25, 0.3) is 0 Å². The molecule has 0 N–H and O–H groups in total. The summed E-state index contributed by atoms with van der Waals surface area (Å²) in [7, 11) is 3.46. The van der Waals surface area contributed by atoms with Crippen molar-refractivity contribution >= 4 is 16.7 Å². The highest BCUT2D eigenvalue weighted by molar-refractivity contribution is 5.88. The van der Waals surface area contributed by atoms with Gasteiger partial charge in [-0.15, -0.1) is 0 Å². The lowest BCUT2D eigenvalue weighted by atomic mass is 10.0. The first-order valence-corrected chi connectivity index (χ1v) is 6.31. The molecule has 0 aromatic heterocycles. The topological polar surface area (TPSA) is 29.5 Å². The van der Waals surface area contributed by atoms with Crippen molar-refractivity contribution in [2.24, 2.45) is 0 Å². The second-order valence-electron chi connectivity index (χ2n) is 4.85. The van der Waals surface area contributed by atoms with E-state index in [4.69, 9.17) is 4.74 Å². The third-order valence-electron chi connectivity index (χ3n) is 3.40. The zero-order valence-electron chi connectivity index (χ0n) is 11.9. The van der Waals surface area contributed by atoms with Gasteiger partial charge < -0.3 is 9.64 Å². The SMILES string of the molecule is COc1ccc2cc(C)ccc2c1CN(C)C(C)=O. The van der Waals surface area contributed by atoms with Crippen molar-refractivity contribution in [2.75, 3.05) is 14.2 Å². The Labute approximate surface area is 113 Å². The number of carbonyl (C=O) groups excluding carboxylic acids is 1. The van der Waals surface area contributed by atoms with Crippen LogP contribution in [0.15, 0.2) is 30.3 Å². The minimum atomic E-state index is 0.0474. The lowest BCUT2D eigenvalue weighted by molar-refractivity contribution is -0.128. The van der Waals surface area contributed by atoms with Gasteiger partial charge in [0.2, 0.25) is 5.91 Å². The number of rotatable bonds is 3. The largest absolute Gasteiger partial charge is 0.496 e. The zero-order chi connectivity index (χ0) is 14.0. The van der Waals surface area contributed by atoms with Crippen LogP contribution in [0.2, 0.25) is 0 Å². The summed E-state index contributed by atoms with van der Waals surface area (Å²) in [5.74, 6) is 0.871. The molecule has 100 valence electrons. The lowest BCUT2D eigenvalue weighted by Gasteiger charge is -2.19. The average Bonchev–Trinajstić information content (AvgIpc) is 2.38. The van der Waals surface area contributed by atoms with Crippen molar-refractivity contribution in [2.45, 2.75) is 20.4 Å². The molecule has 0 aliphatic carbocycles.